The van der Waals surface area contributed by atoms with E-state index in [-0.39, 0.29) is 6.61 Å². The first-order valence-electron chi connectivity index (χ1n) is 5.55. The fraction of sp³-hybridized carbons (Fsp3) is 0.889. The highest BCUT2D eigenvalue weighted by Gasteiger charge is 2.36. The Bertz CT molecular complexity index is 380. The minimum Gasteiger partial charge on any atom is -0.449 e. The largest absolute Gasteiger partial charge is 0.449 e. The van der Waals surface area contributed by atoms with Gasteiger partial charge in [0, 0.05) is 24.1 Å². The van der Waals surface area contributed by atoms with E-state index in [1.807, 2.05) is 0 Å². The van der Waals surface area contributed by atoms with Gasteiger partial charge in [0.2, 0.25) is 0 Å². The number of amides is 1. The van der Waals surface area contributed by atoms with Crippen LogP contribution >= 0.6 is 15.9 Å². The van der Waals surface area contributed by atoms with Crippen molar-refractivity contribution in [1.29, 1.82) is 0 Å². The van der Waals surface area contributed by atoms with Crippen LogP contribution in [0.15, 0.2) is 0 Å². The van der Waals surface area contributed by atoms with E-state index >= 15 is 0 Å². The lowest BCUT2D eigenvalue weighted by atomic mass is 9.94. The van der Waals surface area contributed by atoms with E-state index in [1.165, 1.54) is 0 Å². The average molecular weight is 345 g/mol. The Labute approximate surface area is 115 Å². The van der Waals surface area contributed by atoms with Crippen LogP contribution in [0, 0.1) is 0 Å². The molecule has 0 bridgehead atoms. The van der Waals surface area contributed by atoms with Crippen molar-refractivity contribution in [2.75, 3.05) is 25.2 Å². The Morgan fingerprint density at radius 1 is 1.44 bits per heavy atom. The molecule has 0 unspecified atom stereocenters. The first-order chi connectivity index (χ1) is 8.43. The minimum atomic E-state index is -3.93. The Morgan fingerprint density at radius 2 is 2.06 bits per heavy atom. The van der Waals surface area contributed by atoms with Crippen molar-refractivity contribution in [2.24, 2.45) is 0 Å². The maximum atomic E-state index is 11.8. The molecule has 1 aliphatic heterocycles. The third kappa shape index (κ3) is 4.71. The van der Waals surface area contributed by atoms with Crippen LogP contribution in [0.25, 0.3) is 0 Å². The van der Waals surface area contributed by atoms with Crippen molar-refractivity contribution in [3.8, 4) is 0 Å². The van der Waals surface area contributed by atoms with Crippen molar-refractivity contribution in [3.63, 3.8) is 0 Å². The van der Waals surface area contributed by atoms with Gasteiger partial charge >= 0.3 is 16.3 Å². The van der Waals surface area contributed by atoms with Crippen molar-refractivity contribution in [3.05, 3.63) is 0 Å². The van der Waals surface area contributed by atoms with E-state index in [0.29, 0.717) is 31.4 Å². The van der Waals surface area contributed by atoms with Crippen LogP contribution in [0.5, 0.6) is 0 Å². The number of ether oxygens (including phenoxy) is 2. The van der Waals surface area contributed by atoms with Gasteiger partial charge in [-0.05, 0) is 19.8 Å². The predicted octanol–water partition coefficient (Wildman–Crippen LogP) is 0.511. The summed E-state index contributed by atoms with van der Waals surface area (Å²) >= 11 is 3.29. The molecule has 1 rings (SSSR count). The summed E-state index contributed by atoms with van der Waals surface area (Å²) < 4.78 is 37.5. The maximum Gasteiger partial charge on any atom is 0.421 e. The number of rotatable bonds is 5. The molecular formula is C9H17BrN2O5S. The number of hydrogen-bond donors (Lipinski definition) is 2. The van der Waals surface area contributed by atoms with E-state index < -0.39 is 21.8 Å². The average Bonchev–Trinajstić information content (AvgIpc) is 2.29. The second kappa shape index (κ2) is 6.69. The van der Waals surface area contributed by atoms with Crippen LogP contribution in [-0.4, -0.2) is 45.2 Å². The van der Waals surface area contributed by atoms with Gasteiger partial charge in [-0.2, -0.15) is 13.1 Å². The van der Waals surface area contributed by atoms with Crippen LogP contribution in [0.1, 0.15) is 19.8 Å². The fourth-order valence-electron chi connectivity index (χ4n) is 1.61. The molecule has 1 saturated heterocycles. The molecule has 1 heterocycles. The topological polar surface area (TPSA) is 93.7 Å². The zero-order valence-corrected chi connectivity index (χ0v) is 12.5. The second-order valence-electron chi connectivity index (χ2n) is 3.95. The van der Waals surface area contributed by atoms with Crippen LogP contribution < -0.4 is 9.44 Å². The molecule has 0 atom stereocenters. The maximum absolute atomic E-state index is 11.8. The number of carbonyl (C=O) groups excluding carboxylic acids is 1. The highest BCUT2D eigenvalue weighted by Crippen LogP contribution is 2.23. The van der Waals surface area contributed by atoms with Crippen molar-refractivity contribution in [2.45, 2.75) is 25.3 Å². The second-order valence-corrected chi connectivity index (χ2v) is 5.93. The zero-order chi connectivity index (χ0) is 13.6. The summed E-state index contributed by atoms with van der Waals surface area (Å²) in [5.41, 5.74) is -0.628. The molecule has 0 aliphatic carbocycles. The minimum absolute atomic E-state index is 0.110. The summed E-state index contributed by atoms with van der Waals surface area (Å²) in [5, 5.41) is 0.451. The van der Waals surface area contributed by atoms with Gasteiger partial charge < -0.3 is 9.47 Å². The number of alkyl halides is 1. The summed E-state index contributed by atoms with van der Waals surface area (Å²) in [7, 11) is -3.93. The molecule has 0 aromatic heterocycles. The Kier molecular flexibility index (Phi) is 5.83. The quantitative estimate of drug-likeness (QED) is 0.708. The molecule has 9 heteroatoms. The van der Waals surface area contributed by atoms with Crippen LogP contribution in [0.4, 0.5) is 4.79 Å². The van der Waals surface area contributed by atoms with Gasteiger partial charge in [0.1, 0.15) is 0 Å². The lowest BCUT2D eigenvalue weighted by molar-refractivity contribution is 0.0556. The summed E-state index contributed by atoms with van der Waals surface area (Å²) in [6.45, 7) is 2.66. The van der Waals surface area contributed by atoms with E-state index in [4.69, 9.17) is 4.74 Å². The number of hydrogen-bond acceptors (Lipinski definition) is 5. The standard InChI is InChI=1S/C9H17BrN2O5S/c1-2-17-8(13)11-18(14,15)12-9(7-10)3-5-16-6-4-9/h12H,2-7H2,1H3,(H,11,13). The molecule has 0 saturated carbocycles. The smallest absolute Gasteiger partial charge is 0.421 e. The summed E-state index contributed by atoms with van der Waals surface area (Å²) in [4.78, 5) is 11.1. The van der Waals surface area contributed by atoms with E-state index in [2.05, 4.69) is 25.4 Å². The molecule has 106 valence electrons. The molecule has 0 spiro atoms. The van der Waals surface area contributed by atoms with E-state index in [9.17, 15) is 13.2 Å². The van der Waals surface area contributed by atoms with Gasteiger partial charge in [-0.3, -0.25) is 0 Å². The van der Waals surface area contributed by atoms with E-state index in [1.54, 1.807) is 11.6 Å². The predicted molar refractivity (Wildman–Crippen MR) is 68.8 cm³/mol. The zero-order valence-electron chi connectivity index (χ0n) is 10.1. The molecular weight excluding hydrogens is 328 g/mol. The number of carbonyl (C=O) groups is 1. The fourth-order valence-corrected chi connectivity index (χ4v) is 3.67. The lowest BCUT2D eigenvalue weighted by Crippen LogP contribution is -2.57. The third-order valence-electron chi connectivity index (χ3n) is 2.55. The normalized spacial score (nSPS) is 19.2. The van der Waals surface area contributed by atoms with Crippen molar-refractivity contribution in [1.82, 2.24) is 9.44 Å². The monoisotopic (exact) mass is 344 g/mol. The highest BCUT2D eigenvalue weighted by molar-refractivity contribution is 9.09. The SMILES string of the molecule is CCOC(=O)NS(=O)(=O)NC1(CBr)CCOCC1. The van der Waals surface area contributed by atoms with E-state index in [0.717, 1.165) is 0 Å². The molecule has 1 fully saturated rings. The summed E-state index contributed by atoms with van der Waals surface area (Å²) in [5.74, 6) is 0. The van der Waals surface area contributed by atoms with Gasteiger partial charge in [-0.15, -0.1) is 0 Å². The highest BCUT2D eigenvalue weighted by atomic mass is 79.9. The summed E-state index contributed by atoms with van der Waals surface area (Å²) in [6.07, 6.45) is 0.103. The molecule has 0 radical (unpaired) electrons. The number of nitrogens with one attached hydrogen (secondary N) is 2. The van der Waals surface area contributed by atoms with Gasteiger partial charge in [-0.1, -0.05) is 15.9 Å². The lowest BCUT2D eigenvalue weighted by Gasteiger charge is -2.35. The molecule has 18 heavy (non-hydrogen) atoms. The van der Waals surface area contributed by atoms with Crippen LogP contribution in [-0.2, 0) is 19.7 Å². The molecule has 7 nitrogen and oxygen atoms in total. The first-order valence-corrected chi connectivity index (χ1v) is 8.16. The van der Waals surface area contributed by atoms with Crippen LogP contribution in [0.3, 0.4) is 0 Å². The van der Waals surface area contributed by atoms with Gasteiger partial charge in [0.15, 0.2) is 0 Å². The van der Waals surface area contributed by atoms with Gasteiger partial charge in [-0.25, -0.2) is 9.52 Å². The van der Waals surface area contributed by atoms with Gasteiger partial charge in [0.05, 0.1) is 6.61 Å². The molecule has 2 N–H and O–H groups in total. The van der Waals surface area contributed by atoms with Gasteiger partial charge in [0.25, 0.3) is 0 Å². The Balaban J connectivity index is 2.65. The molecule has 1 aliphatic rings. The first kappa shape index (κ1) is 15.7. The Hall–Kier alpha value is -0.380. The van der Waals surface area contributed by atoms with Crippen molar-refractivity contribution >= 4 is 32.2 Å². The molecule has 0 aromatic rings. The summed E-state index contributed by atoms with van der Waals surface area (Å²) in [6, 6.07) is 0. The van der Waals surface area contributed by atoms with Crippen LogP contribution in [0.2, 0.25) is 0 Å². The Morgan fingerprint density at radius 3 is 2.56 bits per heavy atom. The molecule has 0 aromatic carbocycles. The third-order valence-corrected chi connectivity index (χ3v) is 4.76. The van der Waals surface area contributed by atoms with Crippen molar-refractivity contribution < 1.29 is 22.7 Å². The molecule has 1 amide bonds. The number of halogens is 1.